The Kier molecular flexibility index (Phi) is 4.44. The number of pyridine rings is 1. The van der Waals surface area contributed by atoms with Crippen LogP contribution in [-0.4, -0.2) is 10.9 Å². The van der Waals surface area contributed by atoms with Gasteiger partial charge < -0.3 is 5.32 Å². The number of nitrogens with zero attached hydrogens (tertiary/aromatic N) is 1. The summed E-state index contributed by atoms with van der Waals surface area (Å²) in [7, 11) is 0. The highest BCUT2D eigenvalue weighted by Crippen LogP contribution is 2.11. The predicted octanol–water partition coefficient (Wildman–Crippen LogP) is 3.48. The van der Waals surface area contributed by atoms with E-state index in [4.69, 9.17) is 0 Å². The van der Waals surface area contributed by atoms with Gasteiger partial charge in [0.2, 0.25) is 5.91 Å². The molecule has 0 unspecified atom stereocenters. The number of carbonyl (C=O) groups is 1. The third kappa shape index (κ3) is 3.70. The fourth-order valence-corrected chi connectivity index (χ4v) is 2.39. The maximum absolute atomic E-state index is 11.9. The van der Waals surface area contributed by atoms with Crippen molar-refractivity contribution < 1.29 is 4.79 Å². The molecule has 0 aliphatic carbocycles. The summed E-state index contributed by atoms with van der Waals surface area (Å²) in [5, 5.41) is 4.05. The lowest BCUT2D eigenvalue weighted by Crippen LogP contribution is -2.23. The molecule has 1 amide bonds. The molecular formula is C19H18N2O. The van der Waals surface area contributed by atoms with E-state index in [-0.39, 0.29) is 5.91 Å². The molecule has 3 rings (SSSR count). The van der Waals surface area contributed by atoms with Crippen LogP contribution < -0.4 is 5.32 Å². The summed E-state index contributed by atoms with van der Waals surface area (Å²) in [6.07, 6.45) is 1.26. The summed E-state index contributed by atoms with van der Waals surface area (Å²) in [4.78, 5) is 16.5. The average Bonchev–Trinajstić information content (AvgIpc) is 2.59. The summed E-state index contributed by atoms with van der Waals surface area (Å²) in [6.45, 7) is 0.471. The monoisotopic (exact) mass is 290 g/mol. The van der Waals surface area contributed by atoms with Crippen LogP contribution in [-0.2, 0) is 17.8 Å². The first kappa shape index (κ1) is 14.3. The van der Waals surface area contributed by atoms with E-state index in [0.29, 0.717) is 13.0 Å². The van der Waals surface area contributed by atoms with Crippen LogP contribution in [0.5, 0.6) is 0 Å². The second-order valence-corrected chi connectivity index (χ2v) is 5.26. The molecule has 0 fully saturated rings. The maximum Gasteiger partial charge on any atom is 0.220 e. The van der Waals surface area contributed by atoms with E-state index >= 15 is 0 Å². The fraction of sp³-hybridized carbons (Fsp3) is 0.158. The smallest absolute Gasteiger partial charge is 0.220 e. The highest BCUT2D eigenvalue weighted by atomic mass is 16.1. The van der Waals surface area contributed by atoms with Gasteiger partial charge in [-0.25, -0.2) is 0 Å². The van der Waals surface area contributed by atoms with E-state index in [1.165, 1.54) is 5.56 Å². The number of rotatable bonds is 5. The molecule has 0 saturated heterocycles. The van der Waals surface area contributed by atoms with Gasteiger partial charge in [0.05, 0.1) is 17.8 Å². The number of hydrogen-bond acceptors (Lipinski definition) is 2. The van der Waals surface area contributed by atoms with Gasteiger partial charge >= 0.3 is 0 Å². The van der Waals surface area contributed by atoms with Crippen molar-refractivity contribution >= 4 is 16.8 Å². The summed E-state index contributed by atoms with van der Waals surface area (Å²) >= 11 is 0. The van der Waals surface area contributed by atoms with Crippen LogP contribution in [0.25, 0.3) is 10.9 Å². The van der Waals surface area contributed by atoms with E-state index < -0.39 is 0 Å². The molecule has 0 atom stereocenters. The van der Waals surface area contributed by atoms with Crippen molar-refractivity contribution in [2.75, 3.05) is 0 Å². The first-order valence-corrected chi connectivity index (χ1v) is 7.46. The third-order valence-corrected chi connectivity index (χ3v) is 3.61. The second-order valence-electron chi connectivity index (χ2n) is 5.26. The predicted molar refractivity (Wildman–Crippen MR) is 88.4 cm³/mol. The molecular weight excluding hydrogens is 272 g/mol. The van der Waals surface area contributed by atoms with Crippen LogP contribution in [0.15, 0.2) is 66.7 Å². The van der Waals surface area contributed by atoms with Gasteiger partial charge in [-0.15, -0.1) is 0 Å². The van der Waals surface area contributed by atoms with Crippen LogP contribution in [0.1, 0.15) is 17.7 Å². The Morgan fingerprint density at radius 1 is 0.909 bits per heavy atom. The van der Waals surface area contributed by atoms with E-state index in [1.54, 1.807) is 0 Å². The molecule has 0 bridgehead atoms. The number of aromatic nitrogens is 1. The lowest BCUT2D eigenvalue weighted by molar-refractivity contribution is -0.121. The Morgan fingerprint density at radius 2 is 1.68 bits per heavy atom. The molecule has 0 aliphatic heterocycles. The number of amides is 1. The molecule has 3 aromatic rings. The van der Waals surface area contributed by atoms with Crippen LogP contribution in [0.2, 0.25) is 0 Å². The Labute approximate surface area is 130 Å². The largest absolute Gasteiger partial charge is 0.350 e. The van der Waals surface area contributed by atoms with Crippen molar-refractivity contribution in [2.45, 2.75) is 19.4 Å². The zero-order valence-electron chi connectivity index (χ0n) is 12.3. The van der Waals surface area contributed by atoms with Crippen LogP contribution in [0.3, 0.4) is 0 Å². The summed E-state index contributed by atoms with van der Waals surface area (Å²) in [6, 6.07) is 22.0. The van der Waals surface area contributed by atoms with Gasteiger partial charge in [-0.2, -0.15) is 0 Å². The lowest BCUT2D eigenvalue weighted by atomic mass is 10.1. The number of carbonyl (C=O) groups excluding carboxylic acids is 1. The minimum atomic E-state index is 0.0545. The SMILES string of the molecule is O=C(CCc1ccccc1)NCc1ccc2ccccc2n1. The van der Waals surface area contributed by atoms with Gasteiger partial charge in [0.15, 0.2) is 0 Å². The fourth-order valence-electron chi connectivity index (χ4n) is 2.39. The zero-order chi connectivity index (χ0) is 15.2. The highest BCUT2D eigenvalue weighted by Gasteiger charge is 2.03. The zero-order valence-corrected chi connectivity index (χ0v) is 12.3. The second kappa shape index (κ2) is 6.85. The number of nitrogens with one attached hydrogen (secondary N) is 1. The average molecular weight is 290 g/mol. The number of hydrogen-bond donors (Lipinski definition) is 1. The quantitative estimate of drug-likeness (QED) is 0.781. The Bertz CT molecular complexity index is 769. The normalized spacial score (nSPS) is 10.5. The summed E-state index contributed by atoms with van der Waals surface area (Å²) in [5.74, 6) is 0.0545. The minimum Gasteiger partial charge on any atom is -0.350 e. The van der Waals surface area contributed by atoms with Gasteiger partial charge in [0.1, 0.15) is 0 Å². The van der Waals surface area contributed by atoms with Crippen molar-refractivity contribution in [1.82, 2.24) is 10.3 Å². The van der Waals surface area contributed by atoms with Gasteiger partial charge in [0.25, 0.3) is 0 Å². The molecule has 22 heavy (non-hydrogen) atoms. The molecule has 0 radical (unpaired) electrons. The van der Waals surface area contributed by atoms with E-state index in [9.17, 15) is 4.79 Å². The molecule has 3 heteroatoms. The number of fused-ring (bicyclic) bond motifs is 1. The first-order valence-electron chi connectivity index (χ1n) is 7.46. The molecule has 3 nitrogen and oxygen atoms in total. The minimum absolute atomic E-state index is 0.0545. The molecule has 1 heterocycles. The number of aryl methyl sites for hydroxylation is 1. The summed E-state index contributed by atoms with van der Waals surface area (Å²) in [5.41, 5.74) is 3.02. The van der Waals surface area contributed by atoms with Crippen LogP contribution in [0.4, 0.5) is 0 Å². The molecule has 1 aromatic heterocycles. The van der Waals surface area contributed by atoms with E-state index in [2.05, 4.69) is 10.3 Å². The van der Waals surface area contributed by atoms with Gasteiger partial charge in [-0.05, 0) is 24.1 Å². The van der Waals surface area contributed by atoms with Gasteiger partial charge in [-0.1, -0.05) is 54.6 Å². The Morgan fingerprint density at radius 3 is 2.55 bits per heavy atom. The Hall–Kier alpha value is -2.68. The van der Waals surface area contributed by atoms with Crippen molar-refractivity contribution in [1.29, 1.82) is 0 Å². The van der Waals surface area contributed by atoms with Gasteiger partial charge in [-0.3, -0.25) is 9.78 Å². The van der Waals surface area contributed by atoms with E-state index in [0.717, 1.165) is 23.0 Å². The lowest BCUT2D eigenvalue weighted by Gasteiger charge is -2.06. The highest BCUT2D eigenvalue weighted by molar-refractivity contribution is 5.79. The molecule has 0 saturated carbocycles. The van der Waals surface area contributed by atoms with Crippen molar-refractivity contribution in [2.24, 2.45) is 0 Å². The van der Waals surface area contributed by atoms with Gasteiger partial charge in [0, 0.05) is 11.8 Å². The van der Waals surface area contributed by atoms with Crippen molar-refractivity contribution in [3.05, 3.63) is 78.0 Å². The molecule has 1 N–H and O–H groups in total. The first-order chi connectivity index (χ1) is 10.8. The number of para-hydroxylation sites is 1. The molecule has 0 spiro atoms. The molecule has 0 aliphatic rings. The number of benzene rings is 2. The molecule has 110 valence electrons. The topological polar surface area (TPSA) is 42.0 Å². The van der Waals surface area contributed by atoms with Crippen LogP contribution in [0, 0.1) is 0 Å². The van der Waals surface area contributed by atoms with Crippen LogP contribution >= 0.6 is 0 Å². The molecule has 2 aromatic carbocycles. The standard InChI is InChI=1S/C19H18N2O/c22-19(13-10-15-6-2-1-3-7-15)20-14-17-12-11-16-8-4-5-9-18(16)21-17/h1-9,11-12H,10,13-14H2,(H,20,22). The van der Waals surface area contributed by atoms with Crippen molar-refractivity contribution in [3.63, 3.8) is 0 Å². The Balaban J connectivity index is 1.53. The maximum atomic E-state index is 11.9. The summed E-state index contributed by atoms with van der Waals surface area (Å²) < 4.78 is 0. The van der Waals surface area contributed by atoms with Crippen molar-refractivity contribution in [3.8, 4) is 0 Å². The van der Waals surface area contributed by atoms with E-state index in [1.807, 2.05) is 66.7 Å². The third-order valence-electron chi connectivity index (χ3n) is 3.61.